The monoisotopic (exact) mass is 261 g/mol. The zero-order valence-electron chi connectivity index (χ0n) is 12.6. The summed E-state index contributed by atoms with van der Waals surface area (Å²) in [6.45, 7) is 6.69. The minimum absolute atomic E-state index is 1.10. The molecule has 1 aliphatic heterocycles. The molecule has 3 nitrogen and oxygen atoms in total. The molecule has 2 rings (SSSR count). The van der Waals surface area contributed by atoms with E-state index in [0.717, 1.165) is 26.2 Å². The van der Waals surface area contributed by atoms with Crippen LogP contribution in [0.1, 0.15) is 25.3 Å². The molecule has 0 radical (unpaired) electrons. The molecule has 0 bridgehead atoms. The van der Waals surface area contributed by atoms with E-state index in [9.17, 15) is 0 Å². The maximum Gasteiger partial charge on any atom is 0.0393 e. The van der Waals surface area contributed by atoms with Gasteiger partial charge in [-0.25, -0.2) is 0 Å². The lowest BCUT2D eigenvalue weighted by atomic mass is 10.0. The Morgan fingerprint density at radius 2 is 2.00 bits per heavy atom. The SMILES string of the molecule is CCCN(CCN(C)C)c1ccc2c(c1)NCCC2. The Bertz CT molecular complexity index is 401. The number of aryl methyl sites for hydroxylation is 1. The summed E-state index contributed by atoms with van der Waals surface area (Å²) >= 11 is 0. The minimum atomic E-state index is 1.10. The first-order valence-corrected chi connectivity index (χ1v) is 7.47. The van der Waals surface area contributed by atoms with E-state index in [1.807, 2.05) is 0 Å². The average Bonchev–Trinajstić information content (AvgIpc) is 2.42. The normalized spacial score (nSPS) is 14.1. The van der Waals surface area contributed by atoms with Gasteiger partial charge in [0, 0.05) is 37.6 Å². The van der Waals surface area contributed by atoms with E-state index >= 15 is 0 Å². The molecule has 0 saturated carbocycles. The lowest BCUT2D eigenvalue weighted by Gasteiger charge is -2.28. The fourth-order valence-corrected chi connectivity index (χ4v) is 2.61. The molecule has 1 heterocycles. The lowest BCUT2D eigenvalue weighted by molar-refractivity contribution is 0.413. The highest BCUT2D eigenvalue weighted by Crippen LogP contribution is 2.27. The van der Waals surface area contributed by atoms with Gasteiger partial charge in [-0.2, -0.15) is 0 Å². The van der Waals surface area contributed by atoms with E-state index in [2.05, 4.69) is 54.3 Å². The van der Waals surface area contributed by atoms with Crippen molar-refractivity contribution in [2.75, 3.05) is 50.5 Å². The summed E-state index contributed by atoms with van der Waals surface area (Å²) in [6.07, 6.45) is 3.66. The predicted octanol–water partition coefficient (Wildman–Crippen LogP) is 2.82. The molecular formula is C16H27N3. The van der Waals surface area contributed by atoms with Gasteiger partial charge in [0.05, 0.1) is 0 Å². The number of nitrogens with zero attached hydrogens (tertiary/aromatic N) is 2. The highest BCUT2D eigenvalue weighted by atomic mass is 15.2. The van der Waals surface area contributed by atoms with Crippen molar-refractivity contribution in [3.63, 3.8) is 0 Å². The number of fused-ring (bicyclic) bond motifs is 1. The molecule has 0 amide bonds. The van der Waals surface area contributed by atoms with Crippen molar-refractivity contribution in [2.45, 2.75) is 26.2 Å². The zero-order chi connectivity index (χ0) is 13.7. The summed E-state index contributed by atoms with van der Waals surface area (Å²) in [4.78, 5) is 4.75. The molecule has 3 heteroatoms. The van der Waals surface area contributed by atoms with E-state index in [1.54, 1.807) is 0 Å². The Morgan fingerprint density at radius 3 is 2.74 bits per heavy atom. The van der Waals surface area contributed by atoms with Crippen LogP contribution in [0.4, 0.5) is 11.4 Å². The van der Waals surface area contributed by atoms with E-state index < -0.39 is 0 Å². The first-order valence-electron chi connectivity index (χ1n) is 7.47. The molecule has 1 aromatic carbocycles. The van der Waals surface area contributed by atoms with Gasteiger partial charge in [-0.05, 0) is 51.1 Å². The van der Waals surface area contributed by atoms with Gasteiger partial charge in [0.1, 0.15) is 0 Å². The molecule has 1 N–H and O–H groups in total. The maximum atomic E-state index is 3.53. The Labute approximate surface area is 117 Å². The molecule has 0 spiro atoms. The fraction of sp³-hybridized carbons (Fsp3) is 0.625. The number of likely N-dealkylation sites (N-methyl/N-ethyl adjacent to an activating group) is 1. The molecule has 0 aliphatic carbocycles. The Hall–Kier alpha value is -1.22. The van der Waals surface area contributed by atoms with Gasteiger partial charge in [-0.15, -0.1) is 0 Å². The standard InChI is InChI=1S/C16H27N3/c1-4-10-19(12-11-18(2)3)15-8-7-14-6-5-9-17-16(14)13-15/h7-8,13,17H,4-6,9-12H2,1-3H3. The number of benzene rings is 1. The number of hydrogen-bond donors (Lipinski definition) is 1. The van der Waals surface area contributed by atoms with Crippen molar-refractivity contribution >= 4 is 11.4 Å². The number of hydrogen-bond acceptors (Lipinski definition) is 3. The van der Waals surface area contributed by atoms with Crippen LogP contribution in [0.3, 0.4) is 0 Å². The van der Waals surface area contributed by atoms with Gasteiger partial charge in [-0.1, -0.05) is 13.0 Å². The van der Waals surface area contributed by atoms with E-state index in [-0.39, 0.29) is 0 Å². The number of anilines is 2. The summed E-state index contributed by atoms with van der Waals surface area (Å²) in [5, 5.41) is 3.53. The summed E-state index contributed by atoms with van der Waals surface area (Å²) in [7, 11) is 4.27. The molecular weight excluding hydrogens is 234 g/mol. The first kappa shape index (κ1) is 14.2. The fourth-order valence-electron chi connectivity index (χ4n) is 2.61. The van der Waals surface area contributed by atoms with Crippen LogP contribution >= 0.6 is 0 Å². The number of rotatable bonds is 6. The molecule has 0 unspecified atom stereocenters. The molecule has 0 fully saturated rings. The largest absolute Gasteiger partial charge is 0.385 e. The Morgan fingerprint density at radius 1 is 1.16 bits per heavy atom. The molecule has 0 atom stereocenters. The van der Waals surface area contributed by atoms with Crippen molar-refractivity contribution in [3.05, 3.63) is 23.8 Å². The van der Waals surface area contributed by atoms with Gasteiger partial charge < -0.3 is 15.1 Å². The van der Waals surface area contributed by atoms with Crippen LogP contribution in [0, 0.1) is 0 Å². The second kappa shape index (κ2) is 6.80. The third-order valence-corrected chi connectivity index (χ3v) is 3.71. The smallest absolute Gasteiger partial charge is 0.0393 e. The number of nitrogens with one attached hydrogen (secondary N) is 1. The van der Waals surface area contributed by atoms with Gasteiger partial charge >= 0.3 is 0 Å². The molecule has 1 aliphatic rings. The van der Waals surface area contributed by atoms with Crippen LogP contribution in [-0.2, 0) is 6.42 Å². The summed E-state index contributed by atoms with van der Waals surface area (Å²) in [5.74, 6) is 0. The second-order valence-electron chi connectivity index (χ2n) is 5.66. The molecule has 19 heavy (non-hydrogen) atoms. The van der Waals surface area contributed by atoms with Crippen LogP contribution in [-0.4, -0.2) is 45.2 Å². The summed E-state index contributed by atoms with van der Waals surface area (Å²) in [6, 6.07) is 6.92. The lowest BCUT2D eigenvalue weighted by Crippen LogP contribution is -2.32. The van der Waals surface area contributed by atoms with Crippen LogP contribution in [0.5, 0.6) is 0 Å². The van der Waals surface area contributed by atoms with E-state index in [0.29, 0.717) is 0 Å². The zero-order valence-corrected chi connectivity index (χ0v) is 12.6. The summed E-state index contributed by atoms with van der Waals surface area (Å²) in [5.41, 5.74) is 4.17. The molecule has 106 valence electrons. The van der Waals surface area contributed by atoms with Crippen molar-refractivity contribution in [2.24, 2.45) is 0 Å². The topological polar surface area (TPSA) is 18.5 Å². The second-order valence-corrected chi connectivity index (χ2v) is 5.66. The minimum Gasteiger partial charge on any atom is -0.385 e. The van der Waals surface area contributed by atoms with Crippen molar-refractivity contribution in [1.29, 1.82) is 0 Å². The van der Waals surface area contributed by atoms with Gasteiger partial charge in [0.2, 0.25) is 0 Å². The van der Waals surface area contributed by atoms with Gasteiger partial charge in [0.25, 0.3) is 0 Å². The van der Waals surface area contributed by atoms with Crippen LogP contribution < -0.4 is 10.2 Å². The first-order chi connectivity index (χ1) is 9.20. The molecule has 0 saturated heterocycles. The van der Waals surface area contributed by atoms with E-state index in [4.69, 9.17) is 0 Å². The van der Waals surface area contributed by atoms with Crippen molar-refractivity contribution in [1.82, 2.24) is 4.90 Å². The van der Waals surface area contributed by atoms with Gasteiger partial charge in [0.15, 0.2) is 0 Å². The third-order valence-electron chi connectivity index (χ3n) is 3.71. The van der Waals surface area contributed by atoms with E-state index in [1.165, 1.54) is 36.2 Å². The van der Waals surface area contributed by atoms with Crippen LogP contribution in [0.25, 0.3) is 0 Å². The van der Waals surface area contributed by atoms with Gasteiger partial charge in [-0.3, -0.25) is 0 Å². The highest BCUT2D eigenvalue weighted by Gasteiger charge is 2.12. The average molecular weight is 261 g/mol. The van der Waals surface area contributed by atoms with Crippen molar-refractivity contribution in [3.8, 4) is 0 Å². The van der Waals surface area contributed by atoms with Crippen LogP contribution in [0.15, 0.2) is 18.2 Å². The quantitative estimate of drug-likeness (QED) is 0.849. The Kier molecular flexibility index (Phi) is 5.08. The maximum absolute atomic E-state index is 3.53. The third kappa shape index (κ3) is 3.87. The van der Waals surface area contributed by atoms with Crippen LogP contribution in [0.2, 0.25) is 0 Å². The summed E-state index contributed by atoms with van der Waals surface area (Å²) < 4.78 is 0. The molecule has 0 aromatic heterocycles. The predicted molar refractivity (Wildman–Crippen MR) is 84.3 cm³/mol. The molecule has 1 aromatic rings. The highest BCUT2D eigenvalue weighted by molar-refractivity contribution is 5.63. The van der Waals surface area contributed by atoms with Crippen molar-refractivity contribution < 1.29 is 0 Å². The Balaban J connectivity index is 2.11.